The van der Waals surface area contributed by atoms with Crippen LogP contribution in [0, 0.1) is 0 Å². The van der Waals surface area contributed by atoms with E-state index in [1.54, 1.807) is 17.2 Å². The summed E-state index contributed by atoms with van der Waals surface area (Å²) < 4.78 is 9.48. The van der Waals surface area contributed by atoms with Crippen molar-refractivity contribution < 1.29 is 4.74 Å². The molecule has 130 valence electrons. The molecule has 2 fully saturated rings. The summed E-state index contributed by atoms with van der Waals surface area (Å²) in [6.45, 7) is 3.19. The van der Waals surface area contributed by atoms with Gasteiger partial charge < -0.3 is 9.64 Å². The fourth-order valence-corrected chi connectivity index (χ4v) is 4.02. The van der Waals surface area contributed by atoms with E-state index in [-0.39, 0.29) is 0 Å². The van der Waals surface area contributed by atoms with Crippen LogP contribution in [-0.4, -0.2) is 60.8 Å². The van der Waals surface area contributed by atoms with E-state index in [0.29, 0.717) is 6.04 Å². The van der Waals surface area contributed by atoms with Crippen molar-refractivity contribution >= 4 is 28.7 Å². The van der Waals surface area contributed by atoms with Crippen LogP contribution in [-0.2, 0) is 11.8 Å². The summed E-state index contributed by atoms with van der Waals surface area (Å²) >= 11 is 1.54. The number of morpholine rings is 1. The maximum absolute atomic E-state index is 5.46. The third-order valence-electron chi connectivity index (χ3n) is 4.53. The zero-order valence-electron chi connectivity index (χ0n) is 13.9. The first-order valence-electron chi connectivity index (χ1n) is 8.39. The summed E-state index contributed by atoms with van der Waals surface area (Å²) in [4.78, 5) is 11.0. The quantitative estimate of drug-likeness (QED) is 0.645. The van der Waals surface area contributed by atoms with Crippen LogP contribution in [0.15, 0.2) is 22.7 Å². The van der Waals surface area contributed by atoms with Gasteiger partial charge in [0, 0.05) is 26.2 Å². The Labute approximate surface area is 148 Å². The fourth-order valence-electron chi connectivity index (χ4n) is 3.08. The van der Waals surface area contributed by atoms with E-state index < -0.39 is 0 Å². The van der Waals surface area contributed by atoms with Crippen molar-refractivity contribution in [2.24, 2.45) is 7.05 Å². The van der Waals surface area contributed by atoms with Crippen LogP contribution in [0.1, 0.15) is 18.9 Å². The molecule has 2 aliphatic rings. The third kappa shape index (κ3) is 2.65. The summed E-state index contributed by atoms with van der Waals surface area (Å²) in [6.07, 6.45) is 5.73. The Bertz CT molecular complexity index is 912. The van der Waals surface area contributed by atoms with Crippen LogP contribution in [0.2, 0.25) is 0 Å². The van der Waals surface area contributed by atoms with Gasteiger partial charge in [-0.1, -0.05) is 0 Å². The molecular weight excluding hydrogens is 340 g/mol. The van der Waals surface area contributed by atoms with Gasteiger partial charge in [0.1, 0.15) is 11.4 Å². The smallest absolute Gasteiger partial charge is 0.228 e. The lowest BCUT2D eigenvalue weighted by molar-refractivity contribution is 0.121. The van der Waals surface area contributed by atoms with Gasteiger partial charge in [-0.3, -0.25) is 9.25 Å². The van der Waals surface area contributed by atoms with Gasteiger partial charge in [0.05, 0.1) is 24.8 Å². The fraction of sp³-hybridized carbons (Fsp3) is 0.533. The SMILES string of the molecule is Cn1ncc2c(Sc3nnc(N4CCOCC4)n3C3CC3)ncnc21. The molecule has 9 nitrogen and oxygen atoms in total. The Hall–Kier alpha value is -2.20. The molecular formula is C15H18N8OS. The standard InChI is InChI=1S/C15H18N8OS/c1-21-12-11(8-18-21)13(17-9-16-12)25-15-20-19-14(23(15)10-2-3-10)22-4-6-24-7-5-22/h8-10H,2-7H2,1H3. The maximum atomic E-state index is 5.46. The van der Waals surface area contributed by atoms with Crippen LogP contribution in [0.3, 0.4) is 0 Å². The lowest BCUT2D eigenvalue weighted by atomic mass is 10.4. The summed E-state index contributed by atoms with van der Waals surface area (Å²) in [5.41, 5.74) is 0.823. The van der Waals surface area contributed by atoms with Crippen LogP contribution >= 0.6 is 11.8 Å². The highest BCUT2D eigenvalue weighted by molar-refractivity contribution is 7.99. The Kier molecular flexibility index (Phi) is 3.59. The lowest BCUT2D eigenvalue weighted by Crippen LogP contribution is -2.38. The molecule has 1 saturated heterocycles. The van der Waals surface area contributed by atoms with Gasteiger partial charge in [0.15, 0.2) is 10.8 Å². The van der Waals surface area contributed by atoms with E-state index in [9.17, 15) is 0 Å². The maximum Gasteiger partial charge on any atom is 0.228 e. The number of fused-ring (bicyclic) bond motifs is 1. The van der Waals surface area contributed by atoms with Crippen LogP contribution in [0.5, 0.6) is 0 Å². The molecule has 0 atom stereocenters. The summed E-state index contributed by atoms with van der Waals surface area (Å²) in [5, 5.41) is 15.9. The summed E-state index contributed by atoms with van der Waals surface area (Å²) in [6, 6.07) is 0.488. The largest absolute Gasteiger partial charge is 0.378 e. The molecule has 3 aromatic heterocycles. The lowest BCUT2D eigenvalue weighted by Gasteiger charge is -2.27. The first-order valence-corrected chi connectivity index (χ1v) is 9.21. The zero-order chi connectivity index (χ0) is 16.8. The third-order valence-corrected chi connectivity index (χ3v) is 5.51. The number of aryl methyl sites for hydroxylation is 1. The highest BCUT2D eigenvalue weighted by Crippen LogP contribution is 2.42. The highest BCUT2D eigenvalue weighted by Gasteiger charge is 2.32. The van der Waals surface area contributed by atoms with Crippen LogP contribution in [0.4, 0.5) is 5.95 Å². The minimum Gasteiger partial charge on any atom is -0.378 e. The van der Waals surface area contributed by atoms with E-state index in [2.05, 4.69) is 34.7 Å². The van der Waals surface area contributed by atoms with E-state index in [1.807, 2.05) is 7.05 Å². The molecule has 5 rings (SSSR count). The van der Waals surface area contributed by atoms with Crippen LogP contribution in [0.25, 0.3) is 11.0 Å². The molecule has 10 heteroatoms. The van der Waals surface area contributed by atoms with E-state index in [1.165, 1.54) is 24.6 Å². The Morgan fingerprint density at radius 3 is 2.80 bits per heavy atom. The van der Waals surface area contributed by atoms with Gasteiger partial charge in [-0.2, -0.15) is 5.10 Å². The highest BCUT2D eigenvalue weighted by atomic mass is 32.2. The number of aromatic nitrogens is 7. The average Bonchev–Trinajstić information content (AvgIpc) is 3.29. The molecule has 0 spiro atoms. The van der Waals surface area contributed by atoms with Gasteiger partial charge in [0.25, 0.3) is 0 Å². The van der Waals surface area contributed by atoms with Crippen LogP contribution < -0.4 is 4.90 Å². The Morgan fingerprint density at radius 2 is 2.00 bits per heavy atom. The molecule has 25 heavy (non-hydrogen) atoms. The van der Waals surface area contributed by atoms with Crippen molar-refractivity contribution in [1.82, 2.24) is 34.5 Å². The Morgan fingerprint density at radius 1 is 1.16 bits per heavy atom. The molecule has 4 heterocycles. The molecule has 0 unspecified atom stereocenters. The van der Waals surface area contributed by atoms with Crippen molar-refractivity contribution in [2.45, 2.75) is 29.1 Å². The van der Waals surface area contributed by atoms with E-state index in [0.717, 1.165) is 53.5 Å². The van der Waals surface area contributed by atoms with E-state index >= 15 is 0 Å². The van der Waals surface area contributed by atoms with Crippen molar-refractivity contribution in [1.29, 1.82) is 0 Å². The van der Waals surface area contributed by atoms with Crippen molar-refractivity contribution in [3.63, 3.8) is 0 Å². The second-order valence-corrected chi connectivity index (χ2v) is 7.23. The number of nitrogens with zero attached hydrogens (tertiary/aromatic N) is 8. The minimum absolute atomic E-state index is 0.488. The number of anilines is 1. The van der Waals surface area contributed by atoms with Crippen molar-refractivity contribution in [2.75, 3.05) is 31.2 Å². The van der Waals surface area contributed by atoms with Crippen molar-refractivity contribution in [3.8, 4) is 0 Å². The van der Waals surface area contributed by atoms with E-state index in [4.69, 9.17) is 4.74 Å². The second-order valence-electron chi connectivity index (χ2n) is 6.27. The molecule has 0 N–H and O–H groups in total. The summed E-state index contributed by atoms with van der Waals surface area (Å²) in [7, 11) is 1.88. The molecule has 0 bridgehead atoms. The molecule has 0 aromatic carbocycles. The number of hydrogen-bond acceptors (Lipinski definition) is 8. The molecule has 1 saturated carbocycles. The molecule has 0 radical (unpaired) electrons. The monoisotopic (exact) mass is 358 g/mol. The molecule has 3 aromatic rings. The average molecular weight is 358 g/mol. The predicted molar refractivity (Wildman–Crippen MR) is 91.8 cm³/mol. The Balaban J connectivity index is 1.52. The van der Waals surface area contributed by atoms with Gasteiger partial charge in [-0.25, -0.2) is 9.97 Å². The van der Waals surface area contributed by atoms with Gasteiger partial charge in [-0.15, -0.1) is 10.2 Å². The summed E-state index contributed by atoms with van der Waals surface area (Å²) in [5.74, 6) is 0.949. The first-order chi connectivity index (χ1) is 12.3. The zero-order valence-corrected chi connectivity index (χ0v) is 14.7. The van der Waals surface area contributed by atoms with Gasteiger partial charge >= 0.3 is 0 Å². The van der Waals surface area contributed by atoms with Gasteiger partial charge in [0.2, 0.25) is 5.95 Å². The number of hydrogen-bond donors (Lipinski definition) is 0. The number of rotatable bonds is 4. The van der Waals surface area contributed by atoms with Gasteiger partial charge in [-0.05, 0) is 24.6 Å². The predicted octanol–water partition coefficient (Wildman–Crippen LogP) is 1.28. The topological polar surface area (TPSA) is 86.8 Å². The van der Waals surface area contributed by atoms with Crippen molar-refractivity contribution in [3.05, 3.63) is 12.5 Å². The molecule has 1 aliphatic carbocycles. The second kappa shape index (κ2) is 5.95. The minimum atomic E-state index is 0.488. The number of ether oxygens (including phenoxy) is 1. The first kappa shape index (κ1) is 15.1. The molecule has 1 aliphatic heterocycles. The molecule has 0 amide bonds. The normalized spacial score (nSPS) is 18.2.